The second-order valence-corrected chi connectivity index (χ2v) is 11.8. The Balaban J connectivity index is 2.04. The van der Waals surface area contributed by atoms with Crippen LogP contribution in [0, 0.1) is 6.92 Å². The molecule has 0 aliphatic rings. The van der Waals surface area contributed by atoms with Gasteiger partial charge in [-0.05, 0) is 87.4 Å². The van der Waals surface area contributed by atoms with Crippen molar-refractivity contribution in [1.29, 1.82) is 0 Å². The fraction of sp³-hybridized carbons (Fsp3) is 0.310. The molecule has 3 aromatic carbocycles. The topological polar surface area (TPSA) is 96.0 Å². The van der Waals surface area contributed by atoms with E-state index >= 15 is 0 Å². The number of anilines is 1. The molecule has 1 atom stereocenters. The van der Waals surface area contributed by atoms with E-state index in [1.165, 1.54) is 29.2 Å². The Bertz CT molecular complexity index is 1410. The van der Waals surface area contributed by atoms with E-state index < -0.39 is 28.5 Å². The first kappa shape index (κ1) is 30.0. The zero-order valence-corrected chi connectivity index (χ0v) is 24.3. The lowest BCUT2D eigenvalue weighted by molar-refractivity contribution is -0.139. The van der Waals surface area contributed by atoms with Crippen molar-refractivity contribution in [3.8, 4) is 5.75 Å². The smallest absolute Gasteiger partial charge is 0.264 e. The molecule has 0 fully saturated rings. The average Bonchev–Trinajstić information content (AvgIpc) is 2.89. The Morgan fingerprint density at radius 3 is 2.26 bits per heavy atom. The van der Waals surface area contributed by atoms with Gasteiger partial charge >= 0.3 is 0 Å². The van der Waals surface area contributed by atoms with Crippen LogP contribution in [0.4, 0.5) is 5.69 Å². The lowest BCUT2D eigenvalue weighted by Gasteiger charge is -2.32. The molecule has 3 aromatic rings. The van der Waals surface area contributed by atoms with E-state index in [1.807, 2.05) is 32.9 Å². The van der Waals surface area contributed by atoms with Crippen LogP contribution in [0.3, 0.4) is 0 Å². The molecule has 0 radical (unpaired) electrons. The predicted octanol–water partition coefficient (Wildman–Crippen LogP) is 4.79. The Kier molecular flexibility index (Phi) is 9.99. The summed E-state index contributed by atoms with van der Waals surface area (Å²) in [6.45, 7) is 6.68. The molecule has 0 saturated carbocycles. The minimum absolute atomic E-state index is 0.00819. The van der Waals surface area contributed by atoms with Crippen molar-refractivity contribution in [2.75, 3.05) is 18.0 Å². The van der Waals surface area contributed by atoms with Crippen molar-refractivity contribution in [3.05, 3.63) is 88.9 Å². The molecular weight excluding hydrogens is 538 g/mol. The summed E-state index contributed by atoms with van der Waals surface area (Å²) in [5.41, 5.74) is 1.89. The van der Waals surface area contributed by atoms with Crippen molar-refractivity contribution >= 4 is 39.1 Å². The molecule has 0 unspecified atom stereocenters. The summed E-state index contributed by atoms with van der Waals surface area (Å²) in [6.07, 6.45) is 0. The van der Waals surface area contributed by atoms with Crippen LogP contribution in [0.1, 0.15) is 31.9 Å². The van der Waals surface area contributed by atoms with Crippen LogP contribution in [-0.2, 0) is 26.2 Å². The van der Waals surface area contributed by atoms with Gasteiger partial charge in [0.25, 0.3) is 10.0 Å². The summed E-state index contributed by atoms with van der Waals surface area (Å²) >= 11 is 5.99. The summed E-state index contributed by atoms with van der Waals surface area (Å²) in [5, 5.41) is 3.23. The number of rotatable bonds is 11. The number of methoxy groups -OCH3 is 1. The van der Waals surface area contributed by atoms with Gasteiger partial charge in [-0.2, -0.15) is 0 Å². The van der Waals surface area contributed by atoms with Gasteiger partial charge in [-0.1, -0.05) is 35.9 Å². The van der Waals surface area contributed by atoms with Crippen LogP contribution >= 0.6 is 11.6 Å². The number of sulfonamides is 1. The van der Waals surface area contributed by atoms with Crippen LogP contribution < -0.4 is 14.4 Å². The average molecular weight is 572 g/mol. The number of carbonyl (C=O) groups excluding carboxylic acids is 2. The fourth-order valence-corrected chi connectivity index (χ4v) is 5.53. The van der Waals surface area contributed by atoms with Gasteiger partial charge in [-0.25, -0.2) is 8.42 Å². The van der Waals surface area contributed by atoms with Crippen LogP contribution in [-0.4, -0.2) is 50.9 Å². The van der Waals surface area contributed by atoms with Crippen LogP contribution in [0.2, 0.25) is 5.02 Å². The van der Waals surface area contributed by atoms with Crippen LogP contribution in [0.25, 0.3) is 0 Å². The standard InChI is InChI=1S/C29H34ClN3O5S/c1-20(2)31-29(35)22(4)32(18-23-9-7-11-26(17-23)38-5)28(34)19-33(25-10-6-8-21(3)16-25)39(36,37)27-14-12-24(30)13-15-27/h6-17,20,22H,18-19H2,1-5H3,(H,31,35)/t22-/m1/s1. The molecule has 0 aliphatic carbocycles. The van der Waals surface area contributed by atoms with E-state index in [0.717, 1.165) is 15.4 Å². The number of hydrogen-bond acceptors (Lipinski definition) is 5. The maximum atomic E-state index is 13.9. The fourth-order valence-electron chi connectivity index (χ4n) is 4.00. The van der Waals surface area contributed by atoms with Gasteiger partial charge in [0.2, 0.25) is 11.8 Å². The molecular formula is C29H34ClN3O5S. The van der Waals surface area contributed by atoms with Gasteiger partial charge in [0.05, 0.1) is 17.7 Å². The Morgan fingerprint density at radius 2 is 1.64 bits per heavy atom. The Hall–Kier alpha value is -3.56. The lowest BCUT2D eigenvalue weighted by atomic mass is 10.1. The number of aryl methyl sites for hydroxylation is 1. The van der Waals surface area contributed by atoms with Crippen molar-refractivity contribution < 1.29 is 22.7 Å². The zero-order valence-electron chi connectivity index (χ0n) is 22.7. The third-order valence-corrected chi connectivity index (χ3v) is 8.10. The third-order valence-electron chi connectivity index (χ3n) is 6.06. The number of halogens is 1. The predicted molar refractivity (Wildman–Crippen MR) is 153 cm³/mol. The molecule has 0 aromatic heterocycles. The minimum Gasteiger partial charge on any atom is -0.497 e. The third kappa shape index (κ3) is 7.74. The number of nitrogens with zero attached hydrogens (tertiary/aromatic N) is 2. The molecule has 0 aliphatic heterocycles. The molecule has 208 valence electrons. The molecule has 0 bridgehead atoms. The van der Waals surface area contributed by atoms with Crippen molar-refractivity contribution in [2.24, 2.45) is 0 Å². The number of ether oxygens (including phenoxy) is 1. The Labute approximate surface area is 235 Å². The highest BCUT2D eigenvalue weighted by Gasteiger charge is 2.32. The summed E-state index contributed by atoms with van der Waals surface area (Å²) in [6, 6.07) is 18.8. The SMILES string of the molecule is COc1cccc(CN(C(=O)CN(c2cccc(C)c2)S(=O)(=O)c2ccc(Cl)cc2)[C@H](C)C(=O)NC(C)C)c1. The highest BCUT2D eigenvalue weighted by atomic mass is 35.5. The van der Waals surface area contributed by atoms with E-state index in [1.54, 1.807) is 50.4 Å². The van der Waals surface area contributed by atoms with E-state index in [4.69, 9.17) is 16.3 Å². The molecule has 0 saturated heterocycles. The highest BCUT2D eigenvalue weighted by Crippen LogP contribution is 2.26. The molecule has 39 heavy (non-hydrogen) atoms. The Morgan fingerprint density at radius 1 is 0.974 bits per heavy atom. The number of carbonyl (C=O) groups is 2. The van der Waals surface area contributed by atoms with Crippen LogP contribution in [0.15, 0.2) is 77.7 Å². The molecule has 8 nitrogen and oxygen atoms in total. The number of benzene rings is 3. The lowest BCUT2D eigenvalue weighted by Crippen LogP contribution is -2.52. The molecule has 1 N–H and O–H groups in total. The summed E-state index contributed by atoms with van der Waals surface area (Å²) in [7, 11) is -2.61. The van der Waals surface area contributed by atoms with Gasteiger partial charge in [-0.3, -0.25) is 13.9 Å². The number of nitrogens with one attached hydrogen (secondary N) is 1. The van der Waals surface area contributed by atoms with Gasteiger partial charge in [0.1, 0.15) is 18.3 Å². The van der Waals surface area contributed by atoms with Crippen molar-refractivity contribution in [1.82, 2.24) is 10.2 Å². The summed E-state index contributed by atoms with van der Waals surface area (Å²) < 4.78 is 34.0. The maximum absolute atomic E-state index is 13.9. The summed E-state index contributed by atoms with van der Waals surface area (Å²) in [4.78, 5) is 28.3. The minimum atomic E-state index is -4.16. The quantitative estimate of drug-likeness (QED) is 0.357. The second-order valence-electron chi connectivity index (χ2n) is 9.52. The first-order chi connectivity index (χ1) is 18.4. The molecule has 2 amide bonds. The van der Waals surface area contributed by atoms with Gasteiger partial charge in [0, 0.05) is 17.6 Å². The largest absolute Gasteiger partial charge is 0.497 e. The van der Waals surface area contributed by atoms with Crippen molar-refractivity contribution in [2.45, 2.75) is 51.2 Å². The van der Waals surface area contributed by atoms with Crippen LogP contribution in [0.5, 0.6) is 5.75 Å². The molecule has 10 heteroatoms. The molecule has 0 heterocycles. The molecule has 3 rings (SSSR count). The van der Waals surface area contributed by atoms with E-state index in [-0.39, 0.29) is 23.4 Å². The number of amides is 2. The maximum Gasteiger partial charge on any atom is 0.264 e. The van der Waals surface area contributed by atoms with Gasteiger partial charge < -0.3 is 15.0 Å². The first-order valence-electron chi connectivity index (χ1n) is 12.5. The monoisotopic (exact) mass is 571 g/mol. The zero-order chi connectivity index (χ0) is 28.7. The normalized spacial score (nSPS) is 12.1. The van der Waals surface area contributed by atoms with E-state index in [2.05, 4.69) is 5.32 Å². The summed E-state index contributed by atoms with van der Waals surface area (Å²) in [5.74, 6) is -0.280. The van der Waals surface area contributed by atoms with E-state index in [9.17, 15) is 18.0 Å². The number of hydrogen-bond donors (Lipinski definition) is 1. The van der Waals surface area contributed by atoms with E-state index in [0.29, 0.717) is 16.5 Å². The molecule has 0 spiro atoms. The van der Waals surface area contributed by atoms with Crippen molar-refractivity contribution in [3.63, 3.8) is 0 Å². The second kappa shape index (κ2) is 13.0. The first-order valence-corrected chi connectivity index (χ1v) is 14.3. The highest BCUT2D eigenvalue weighted by molar-refractivity contribution is 7.92. The van der Waals surface area contributed by atoms with Gasteiger partial charge in [-0.15, -0.1) is 0 Å². The van der Waals surface area contributed by atoms with Gasteiger partial charge in [0.15, 0.2) is 0 Å².